The average Bonchev–Trinajstić information content (AvgIpc) is 2.28. The van der Waals surface area contributed by atoms with Crippen LogP contribution in [0, 0.1) is 5.41 Å². The van der Waals surface area contributed by atoms with E-state index >= 15 is 0 Å². The normalized spacial score (nSPS) is 14.1. The van der Waals surface area contributed by atoms with Gasteiger partial charge in [0.05, 0.1) is 17.2 Å². The molecule has 3 N–H and O–H groups in total. The number of nitrogens with two attached hydrogens (primary N) is 1. The fourth-order valence-electron chi connectivity index (χ4n) is 1.38. The summed E-state index contributed by atoms with van der Waals surface area (Å²) >= 11 is 0. The summed E-state index contributed by atoms with van der Waals surface area (Å²) in [5, 5.41) is 2.96. The molecule has 18 heavy (non-hydrogen) atoms. The van der Waals surface area contributed by atoms with Crippen LogP contribution < -0.4 is 11.1 Å². The van der Waals surface area contributed by atoms with Crippen molar-refractivity contribution in [3.05, 3.63) is 30.1 Å². The summed E-state index contributed by atoms with van der Waals surface area (Å²) in [5.41, 5.74) is 5.67. The van der Waals surface area contributed by atoms with Crippen LogP contribution in [0.15, 0.2) is 24.4 Å². The molecule has 0 saturated heterocycles. The number of amides is 1. The van der Waals surface area contributed by atoms with Gasteiger partial charge in [0.15, 0.2) is 0 Å². The van der Waals surface area contributed by atoms with Gasteiger partial charge in [-0.3, -0.25) is 9.78 Å². The van der Waals surface area contributed by atoms with E-state index in [4.69, 9.17) is 5.73 Å². The summed E-state index contributed by atoms with van der Waals surface area (Å²) in [5.74, 6) is -0.0619. The molecule has 1 heterocycles. The standard InChI is InChI=1S/C14H23N3O/c1-10(11-8-6-7-9-16-11)17-12(18)13(2,3)14(4,5)15/h6-10H,15H2,1-5H3,(H,17,18). The zero-order valence-electron chi connectivity index (χ0n) is 11.8. The number of carbonyl (C=O) groups is 1. The van der Waals surface area contributed by atoms with Crippen molar-refractivity contribution in [2.75, 3.05) is 0 Å². The molecule has 0 fully saturated rings. The third-order valence-corrected chi connectivity index (χ3v) is 3.66. The summed E-state index contributed by atoms with van der Waals surface area (Å²) in [4.78, 5) is 16.5. The first-order valence-corrected chi connectivity index (χ1v) is 6.17. The van der Waals surface area contributed by atoms with Gasteiger partial charge >= 0.3 is 0 Å². The zero-order chi connectivity index (χ0) is 14.0. The molecule has 1 amide bonds. The minimum Gasteiger partial charge on any atom is -0.347 e. The first-order valence-electron chi connectivity index (χ1n) is 6.17. The monoisotopic (exact) mass is 249 g/mol. The van der Waals surface area contributed by atoms with Crippen LogP contribution in [0.1, 0.15) is 46.4 Å². The van der Waals surface area contributed by atoms with Crippen LogP contribution in [0.2, 0.25) is 0 Å². The van der Waals surface area contributed by atoms with Crippen molar-refractivity contribution < 1.29 is 4.79 Å². The van der Waals surface area contributed by atoms with Crippen LogP contribution in [0.25, 0.3) is 0 Å². The van der Waals surface area contributed by atoms with E-state index in [1.807, 2.05) is 52.8 Å². The lowest BCUT2D eigenvalue weighted by Gasteiger charge is -2.37. The zero-order valence-corrected chi connectivity index (χ0v) is 11.8. The van der Waals surface area contributed by atoms with E-state index < -0.39 is 11.0 Å². The Hall–Kier alpha value is -1.42. The fraction of sp³-hybridized carbons (Fsp3) is 0.571. The van der Waals surface area contributed by atoms with E-state index in [0.29, 0.717) is 0 Å². The maximum Gasteiger partial charge on any atom is 0.228 e. The highest BCUT2D eigenvalue weighted by atomic mass is 16.2. The van der Waals surface area contributed by atoms with Crippen molar-refractivity contribution in [1.29, 1.82) is 0 Å². The van der Waals surface area contributed by atoms with Gasteiger partial charge < -0.3 is 11.1 Å². The molecule has 0 radical (unpaired) electrons. The van der Waals surface area contributed by atoms with Gasteiger partial charge in [-0.15, -0.1) is 0 Å². The van der Waals surface area contributed by atoms with Crippen molar-refractivity contribution in [1.82, 2.24) is 10.3 Å². The van der Waals surface area contributed by atoms with E-state index in [9.17, 15) is 4.79 Å². The lowest BCUT2D eigenvalue weighted by Crippen LogP contribution is -2.55. The first kappa shape index (κ1) is 14.6. The summed E-state index contributed by atoms with van der Waals surface area (Å²) in [7, 11) is 0. The topological polar surface area (TPSA) is 68.0 Å². The number of nitrogens with one attached hydrogen (secondary N) is 1. The molecule has 0 aliphatic heterocycles. The molecular weight excluding hydrogens is 226 g/mol. The molecule has 4 nitrogen and oxygen atoms in total. The van der Waals surface area contributed by atoms with Crippen LogP contribution in [-0.2, 0) is 4.79 Å². The number of hydrogen-bond acceptors (Lipinski definition) is 3. The largest absolute Gasteiger partial charge is 0.347 e. The van der Waals surface area contributed by atoms with Crippen molar-refractivity contribution in [2.45, 2.75) is 46.2 Å². The van der Waals surface area contributed by atoms with Crippen molar-refractivity contribution in [2.24, 2.45) is 11.1 Å². The maximum absolute atomic E-state index is 12.3. The number of carbonyl (C=O) groups excluding carboxylic acids is 1. The summed E-state index contributed by atoms with van der Waals surface area (Å²) in [6, 6.07) is 5.53. The predicted molar refractivity (Wildman–Crippen MR) is 72.8 cm³/mol. The second-order valence-electron chi connectivity index (χ2n) is 5.80. The number of aromatic nitrogens is 1. The smallest absolute Gasteiger partial charge is 0.228 e. The fourth-order valence-corrected chi connectivity index (χ4v) is 1.38. The van der Waals surface area contributed by atoms with Crippen molar-refractivity contribution in [3.8, 4) is 0 Å². The Kier molecular flexibility index (Phi) is 4.12. The van der Waals surface area contributed by atoms with Crippen LogP contribution in [0.4, 0.5) is 0 Å². The van der Waals surface area contributed by atoms with E-state index in [1.54, 1.807) is 6.20 Å². The molecule has 0 saturated carbocycles. The van der Waals surface area contributed by atoms with Gasteiger partial charge in [0.1, 0.15) is 0 Å². The third kappa shape index (κ3) is 3.07. The summed E-state index contributed by atoms with van der Waals surface area (Å²) in [6.07, 6.45) is 1.72. The van der Waals surface area contributed by atoms with Crippen LogP contribution in [-0.4, -0.2) is 16.4 Å². The molecule has 1 aromatic heterocycles. The van der Waals surface area contributed by atoms with E-state index in [0.717, 1.165) is 5.69 Å². The van der Waals surface area contributed by atoms with Gasteiger partial charge in [-0.05, 0) is 46.8 Å². The molecule has 1 unspecified atom stereocenters. The van der Waals surface area contributed by atoms with E-state index in [-0.39, 0.29) is 11.9 Å². The van der Waals surface area contributed by atoms with Crippen LogP contribution >= 0.6 is 0 Å². The molecular formula is C14H23N3O. The van der Waals surface area contributed by atoms with Gasteiger partial charge in [-0.1, -0.05) is 6.07 Å². The second kappa shape index (κ2) is 5.06. The lowest BCUT2D eigenvalue weighted by molar-refractivity contribution is -0.133. The maximum atomic E-state index is 12.3. The number of nitrogens with zero attached hydrogens (tertiary/aromatic N) is 1. The Morgan fingerprint density at radius 2 is 1.94 bits per heavy atom. The lowest BCUT2D eigenvalue weighted by atomic mass is 9.74. The molecule has 1 aromatic rings. The minimum atomic E-state index is -0.643. The SMILES string of the molecule is CC(NC(=O)C(C)(C)C(C)(C)N)c1ccccn1. The van der Waals surface area contributed by atoms with Gasteiger partial charge in [-0.25, -0.2) is 0 Å². The Bertz CT molecular complexity index is 407. The number of pyridine rings is 1. The molecule has 1 atom stereocenters. The highest BCUT2D eigenvalue weighted by molar-refractivity contribution is 5.83. The molecule has 0 aromatic carbocycles. The Labute approximate surface area is 109 Å². The predicted octanol–water partition coefficient (Wildman–Crippen LogP) is 2.02. The van der Waals surface area contributed by atoms with E-state index in [2.05, 4.69) is 10.3 Å². The van der Waals surface area contributed by atoms with Crippen LogP contribution in [0.3, 0.4) is 0 Å². The van der Waals surface area contributed by atoms with Crippen LogP contribution in [0.5, 0.6) is 0 Å². The van der Waals surface area contributed by atoms with Crippen molar-refractivity contribution >= 4 is 5.91 Å². The Balaban J connectivity index is 2.78. The highest BCUT2D eigenvalue weighted by Crippen LogP contribution is 2.29. The number of rotatable bonds is 4. The third-order valence-electron chi connectivity index (χ3n) is 3.66. The molecule has 0 aliphatic rings. The summed E-state index contributed by atoms with van der Waals surface area (Å²) < 4.78 is 0. The Morgan fingerprint density at radius 3 is 2.39 bits per heavy atom. The molecule has 0 spiro atoms. The van der Waals surface area contributed by atoms with Crippen molar-refractivity contribution in [3.63, 3.8) is 0 Å². The number of hydrogen-bond donors (Lipinski definition) is 2. The van der Waals surface area contributed by atoms with Gasteiger partial charge in [0.2, 0.25) is 5.91 Å². The molecule has 100 valence electrons. The van der Waals surface area contributed by atoms with Gasteiger partial charge in [0.25, 0.3) is 0 Å². The molecule has 0 aliphatic carbocycles. The van der Waals surface area contributed by atoms with Gasteiger partial charge in [0, 0.05) is 11.7 Å². The average molecular weight is 249 g/mol. The first-order chi connectivity index (χ1) is 8.16. The molecule has 4 heteroatoms. The van der Waals surface area contributed by atoms with Gasteiger partial charge in [-0.2, -0.15) is 0 Å². The Morgan fingerprint density at radius 1 is 1.33 bits per heavy atom. The second-order valence-corrected chi connectivity index (χ2v) is 5.80. The minimum absolute atomic E-state index is 0.0619. The van der Waals surface area contributed by atoms with E-state index in [1.165, 1.54) is 0 Å². The highest BCUT2D eigenvalue weighted by Gasteiger charge is 2.40. The molecule has 1 rings (SSSR count). The summed E-state index contributed by atoms with van der Waals surface area (Å²) in [6.45, 7) is 9.34. The molecule has 0 bridgehead atoms. The quantitative estimate of drug-likeness (QED) is 0.858.